The van der Waals surface area contributed by atoms with Gasteiger partial charge in [-0.25, -0.2) is 4.79 Å². The van der Waals surface area contributed by atoms with Gasteiger partial charge in [0.15, 0.2) is 0 Å². The van der Waals surface area contributed by atoms with Gasteiger partial charge in [-0.2, -0.15) is 0 Å². The summed E-state index contributed by atoms with van der Waals surface area (Å²) in [7, 11) is 0. The third-order valence-electron chi connectivity index (χ3n) is 2.78. The Hall–Kier alpha value is -2.35. The lowest BCUT2D eigenvalue weighted by molar-refractivity contribution is -0.140. The SMILES string of the molecule is C=C(C)C(=O)OCc1ccc(-c2ccccc2)cc1. The van der Waals surface area contributed by atoms with Crippen LogP contribution in [0.1, 0.15) is 12.5 Å². The van der Waals surface area contributed by atoms with Gasteiger partial charge in [-0.3, -0.25) is 0 Å². The molecule has 96 valence electrons. The number of rotatable bonds is 4. The second-order valence-electron chi connectivity index (χ2n) is 4.42. The van der Waals surface area contributed by atoms with Crippen LogP contribution in [0.5, 0.6) is 0 Å². The molecule has 2 aromatic rings. The van der Waals surface area contributed by atoms with E-state index in [4.69, 9.17) is 4.74 Å². The third-order valence-corrected chi connectivity index (χ3v) is 2.78. The lowest BCUT2D eigenvalue weighted by atomic mass is 10.0. The van der Waals surface area contributed by atoms with Crippen LogP contribution in [0.15, 0.2) is 66.7 Å². The van der Waals surface area contributed by atoms with Gasteiger partial charge in [-0.05, 0) is 23.6 Å². The zero-order valence-electron chi connectivity index (χ0n) is 10.9. The van der Waals surface area contributed by atoms with Crippen molar-refractivity contribution in [2.75, 3.05) is 0 Å². The van der Waals surface area contributed by atoms with E-state index in [9.17, 15) is 4.79 Å². The number of ether oxygens (including phenoxy) is 1. The number of benzene rings is 2. The number of hydrogen-bond acceptors (Lipinski definition) is 2. The molecule has 0 N–H and O–H groups in total. The highest BCUT2D eigenvalue weighted by atomic mass is 16.5. The Morgan fingerprint density at radius 3 is 2.16 bits per heavy atom. The van der Waals surface area contributed by atoms with E-state index in [0.717, 1.165) is 11.1 Å². The summed E-state index contributed by atoms with van der Waals surface area (Å²) < 4.78 is 5.10. The molecule has 0 aromatic heterocycles. The van der Waals surface area contributed by atoms with Gasteiger partial charge in [-0.15, -0.1) is 0 Å². The Kier molecular flexibility index (Phi) is 4.14. The van der Waals surface area contributed by atoms with Crippen molar-refractivity contribution in [2.45, 2.75) is 13.5 Å². The maximum Gasteiger partial charge on any atom is 0.333 e. The van der Waals surface area contributed by atoms with Gasteiger partial charge in [0.25, 0.3) is 0 Å². The van der Waals surface area contributed by atoms with Crippen molar-refractivity contribution in [1.29, 1.82) is 0 Å². The van der Waals surface area contributed by atoms with E-state index in [2.05, 4.69) is 18.7 Å². The molecule has 0 fully saturated rings. The minimum atomic E-state index is -0.355. The van der Waals surface area contributed by atoms with Crippen LogP contribution in [0.2, 0.25) is 0 Å². The summed E-state index contributed by atoms with van der Waals surface area (Å²) in [6, 6.07) is 18.1. The molecule has 0 heterocycles. The largest absolute Gasteiger partial charge is 0.457 e. The Morgan fingerprint density at radius 2 is 1.58 bits per heavy atom. The summed E-state index contributed by atoms with van der Waals surface area (Å²) in [5, 5.41) is 0. The monoisotopic (exact) mass is 252 g/mol. The Labute approximate surface area is 113 Å². The smallest absolute Gasteiger partial charge is 0.333 e. The van der Waals surface area contributed by atoms with E-state index in [1.54, 1.807) is 6.92 Å². The number of esters is 1. The summed E-state index contributed by atoms with van der Waals surface area (Å²) in [6.07, 6.45) is 0. The van der Waals surface area contributed by atoms with Gasteiger partial charge >= 0.3 is 5.97 Å². The molecule has 2 nitrogen and oxygen atoms in total. The number of carbonyl (C=O) groups excluding carboxylic acids is 1. The standard InChI is InChI=1S/C17H16O2/c1-13(2)17(18)19-12-14-8-10-16(11-9-14)15-6-4-3-5-7-15/h3-11H,1,12H2,2H3. The molecule has 0 atom stereocenters. The van der Waals surface area contributed by atoms with Crippen LogP contribution in [0, 0.1) is 0 Å². The lowest BCUT2D eigenvalue weighted by Crippen LogP contribution is -2.04. The molecule has 0 aliphatic heterocycles. The second kappa shape index (κ2) is 6.01. The maximum atomic E-state index is 11.3. The number of hydrogen-bond donors (Lipinski definition) is 0. The van der Waals surface area contributed by atoms with E-state index in [0.29, 0.717) is 5.57 Å². The molecule has 0 amide bonds. The molecule has 0 radical (unpaired) electrons. The summed E-state index contributed by atoms with van der Waals surface area (Å²) in [5.74, 6) is -0.355. The van der Waals surface area contributed by atoms with Crippen LogP contribution < -0.4 is 0 Å². The van der Waals surface area contributed by atoms with E-state index >= 15 is 0 Å². The van der Waals surface area contributed by atoms with Crippen molar-refractivity contribution in [2.24, 2.45) is 0 Å². The van der Waals surface area contributed by atoms with Gasteiger partial charge in [0.1, 0.15) is 6.61 Å². The first kappa shape index (κ1) is 13.1. The Morgan fingerprint density at radius 1 is 1.00 bits per heavy atom. The van der Waals surface area contributed by atoms with Gasteiger partial charge in [-0.1, -0.05) is 61.2 Å². The molecule has 0 saturated carbocycles. The summed E-state index contributed by atoms with van der Waals surface area (Å²) in [4.78, 5) is 11.3. The zero-order valence-corrected chi connectivity index (χ0v) is 10.9. The fourth-order valence-electron chi connectivity index (χ4n) is 1.70. The van der Waals surface area contributed by atoms with Crippen LogP contribution in [-0.2, 0) is 16.1 Å². The molecule has 0 bridgehead atoms. The van der Waals surface area contributed by atoms with E-state index in [1.165, 1.54) is 5.56 Å². The van der Waals surface area contributed by atoms with E-state index in [1.807, 2.05) is 42.5 Å². The third kappa shape index (κ3) is 3.55. The molecule has 0 saturated heterocycles. The Bertz CT molecular complexity index is 568. The predicted octanol–water partition coefficient (Wildman–Crippen LogP) is 3.97. The van der Waals surface area contributed by atoms with Crippen molar-refractivity contribution in [3.05, 3.63) is 72.3 Å². The van der Waals surface area contributed by atoms with E-state index < -0.39 is 0 Å². The quantitative estimate of drug-likeness (QED) is 0.608. The fourth-order valence-corrected chi connectivity index (χ4v) is 1.70. The molecule has 0 spiro atoms. The summed E-state index contributed by atoms with van der Waals surface area (Å²) in [6.45, 7) is 5.46. The first-order valence-corrected chi connectivity index (χ1v) is 6.14. The fraction of sp³-hybridized carbons (Fsp3) is 0.118. The summed E-state index contributed by atoms with van der Waals surface area (Å²) in [5.41, 5.74) is 3.71. The lowest BCUT2D eigenvalue weighted by Gasteiger charge is -2.06. The highest BCUT2D eigenvalue weighted by Gasteiger charge is 2.03. The summed E-state index contributed by atoms with van der Waals surface area (Å²) >= 11 is 0. The van der Waals surface area contributed by atoms with Crippen molar-refractivity contribution in [3.8, 4) is 11.1 Å². The molecule has 0 aliphatic carbocycles. The first-order chi connectivity index (χ1) is 9.16. The van der Waals surface area contributed by atoms with Crippen LogP contribution in [-0.4, -0.2) is 5.97 Å². The van der Waals surface area contributed by atoms with Crippen LogP contribution in [0.3, 0.4) is 0 Å². The van der Waals surface area contributed by atoms with E-state index in [-0.39, 0.29) is 12.6 Å². The Balaban J connectivity index is 2.03. The van der Waals surface area contributed by atoms with Crippen LogP contribution in [0.4, 0.5) is 0 Å². The number of carbonyl (C=O) groups is 1. The van der Waals surface area contributed by atoms with Crippen molar-refractivity contribution < 1.29 is 9.53 Å². The van der Waals surface area contributed by atoms with Gasteiger partial charge in [0.05, 0.1) is 0 Å². The molecule has 2 heteroatoms. The van der Waals surface area contributed by atoms with Crippen molar-refractivity contribution >= 4 is 5.97 Å². The second-order valence-corrected chi connectivity index (χ2v) is 4.42. The topological polar surface area (TPSA) is 26.3 Å². The highest BCUT2D eigenvalue weighted by molar-refractivity contribution is 5.86. The average Bonchev–Trinajstić information content (AvgIpc) is 2.46. The van der Waals surface area contributed by atoms with Gasteiger partial charge in [0, 0.05) is 5.57 Å². The maximum absolute atomic E-state index is 11.3. The molecule has 0 unspecified atom stereocenters. The van der Waals surface area contributed by atoms with Crippen molar-refractivity contribution in [1.82, 2.24) is 0 Å². The average molecular weight is 252 g/mol. The first-order valence-electron chi connectivity index (χ1n) is 6.14. The normalized spacial score (nSPS) is 9.95. The molecular formula is C17H16O2. The molecule has 2 aromatic carbocycles. The van der Waals surface area contributed by atoms with Crippen LogP contribution >= 0.6 is 0 Å². The zero-order chi connectivity index (χ0) is 13.7. The molecule has 19 heavy (non-hydrogen) atoms. The predicted molar refractivity (Wildman–Crippen MR) is 76.5 cm³/mol. The molecular weight excluding hydrogens is 236 g/mol. The van der Waals surface area contributed by atoms with Crippen molar-refractivity contribution in [3.63, 3.8) is 0 Å². The van der Waals surface area contributed by atoms with Crippen LogP contribution in [0.25, 0.3) is 11.1 Å². The molecule has 0 aliphatic rings. The van der Waals surface area contributed by atoms with Gasteiger partial charge < -0.3 is 4.74 Å². The molecule has 2 rings (SSSR count). The minimum Gasteiger partial charge on any atom is -0.457 e. The highest BCUT2D eigenvalue weighted by Crippen LogP contribution is 2.19. The minimum absolute atomic E-state index is 0.279. The van der Waals surface area contributed by atoms with Gasteiger partial charge in [0.2, 0.25) is 0 Å².